The van der Waals surface area contributed by atoms with E-state index < -0.39 is 0 Å². The molecule has 1 unspecified atom stereocenters. The molecule has 0 spiro atoms. The molecule has 1 N–H and O–H groups in total. The van der Waals surface area contributed by atoms with E-state index in [1.165, 1.54) is 19.3 Å². The number of methoxy groups -OCH3 is 2. The van der Waals surface area contributed by atoms with Crippen molar-refractivity contribution in [2.45, 2.75) is 19.3 Å². The summed E-state index contributed by atoms with van der Waals surface area (Å²) >= 11 is 0. The van der Waals surface area contributed by atoms with E-state index >= 15 is 0 Å². The van der Waals surface area contributed by atoms with E-state index in [0.29, 0.717) is 23.3 Å². The number of amides is 1. The summed E-state index contributed by atoms with van der Waals surface area (Å²) in [6, 6.07) is 5.48. The van der Waals surface area contributed by atoms with Crippen molar-refractivity contribution in [3.05, 3.63) is 18.2 Å². The second kappa shape index (κ2) is 4.65. The highest BCUT2D eigenvalue weighted by atomic mass is 16.5. The van der Waals surface area contributed by atoms with Gasteiger partial charge in [-0.1, -0.05) is 0 Å². The molecule has 1 amide bonds. The molecule has 0 saturated heterocycles. The highest BCUT2D eigenvalue weighted by molar-refractivity contribution is 5.96. The third-order valence-corrected chi connectivity index (χ3v) is 5.70. The summed E-state index contributed by atoms with van der Waals surface area (Å²) in [5.41, 5.74) is 0.708. The summed E-state index contributed by atoms with van der Waals surface area (Å²) in [6.07, 6.45) is 4.03. The van der Waals surface area contributed by atoms with Crippen molar-refractivity contribution in [1.82, 2.24) is 0 Å². The maximum absolute atomic E-state index is 12.6. The monoisotopic (exact) mass is 287 g/mol. The largest absolute Gasteiger partial charge is 0.497 e. The molecule has 0 aliphatic heterocycles. The van der Waals surface area contributed by atoms with Gasteiger partial charge in [-0.15, -0.1) is 0 Å². The van der Waals surface area contributed by atoms with Crippen LogP contribution in [0.15, 0.2) is 18.2 Å². The molecule has 4 nitrogen and oxygen atoms in total. The highest BCUT2D eigenvalue weighted by Gasteiger charge is 2.67. The number of ether oxygens (including phenoxy) is 2. The van der Waals surface area contributed by atoms with E-state index in [1.807, 2.05) is 18.2 Å². The number of fused-ring (bicyclic) bond motifs is 5. The Morgan fingerprint density at radius 1 is 1.14 bits per heavy atom. The smallest absolute Gasteiger partial charge is 0.228 e. The average Bonchev–Trinajstić information content (AvgIpc) is 2.96. The Bertz CT molecular complexity index is 569. The third-order valence-electron chi connectivity index (χ3n) is 5.70. The predicted octanol–water partition coefficient (Wildman–Crippen LogP) is 2.93. The van der Waals surface area contributed by atoms with Crippen molar-refractivity contribution >= 4 is 11.6 Å². The normalized spacial score (nSPS) is 35.2. The summed E-state index contributed by atoms with van der Waals surface area (Å²) in [6.45, 7) is 0. The van der Waals surface area contributed by atoms with Crippen LogP contribution in [0.2, 0.25) is 0 Å². The van der Waals surface area contributed by atoms with Crippen LogP contribution in [0.1, 0.15) is 19.3 Å². The lowest BCUT2D eigenvalue weighted by atomic mass is 10.0. The molecule has 0 heterocycles. The molecule has 5 atom stereocenters. The molecule has 1 aromatic rings. The van der Waals surface area contributed by atoms with Crippen molar-refractivity contribution in [1.29, 1.82) is 0 Å². The van der Waals surface area contributed by atoms with Crippen LogP contribution in [0.25, 0.3) is 0 Å². The molecule has 21 heavy (non-hydrogen) atoms. The molecule has 3 saturated carbocycles. The number of carbonyl (C=O) groups is 1. The van der Waals surface area contributed by atoms with Crippen molar-refractivity contribution in [2.24, 2.45) is 29.6 Å². The summed E-state index contributed by atoms with van der Waals surface area (Å²) in [5, 5.41) is 3.05. The van der Waals surface area contributed by atoms with Crippen molar-refractivity contribution in [3.8, 4) is 11.5 Å². The molecular formula is C17H21NO3. The second-order valence-electron chi connectivity index (χ2n) is 6.57. The lowest BCUT2D eigenvalue weighted by Crippen LogP contribution is -2.19. The van der Waals surface area contributed by atoms with Gasteiger partial charge < -0.3 is 14.8 Å². The Balaban J connectivity index is 1.50. The Morgan fingerprint density at radius 2 is 1.86 bits per heavy atom. The number of hydrogen-bond donors (Lipinski definition) is 1. The van der Waals surface area contributed by atoms with Gasteiger partial charge in [0.05, 0.1) is 19.9 Å². The van der Waals surface area contributed by atoms with Gasteiger partial charge in [-0.2, -0.15) is 0 Å². The zero-order valence-electron chi connectivity index (χ0n) is 12.5. The quantitative estimate of drug-likeness (QED) is 0.926. The van der Waals surface area contributed by atoms with Gasteiger partial charge in [-0.3, -0.25) is 4.79 Å². The van der Waals surface area contributed by atoms with Gasteiger partial charge >= 0.3 is 0 Å². The van der Waals surface area contributed by atoms with Gasteiger partial charge in [0.25, 0.3) is 0 Å². The van der Waals surface area contributed by atoms with Gasteiger partial charge in [0, 0.05) is 12.0 Å². The molecular weight excluding hydrogens is 266 g/mol. The van der Waals surface area contributed by atoms with E-state index in [2.05, 4.69) is 5.32 Å². The van der Waals surface area contributed by atoms with Crippen LogP contribution in [0.4, 0.5) is 5.69 Å². The topological polar surface area (TPSA) is 47.6 Å². The fourth-order valence-corrected chi connectivity index (χ4v) is 4.80. The Kier molecular flexibility index (Phi) is 2.88. The number of carbonyl (C=O) groups excluding carboxylic acids is 1. The highest BCUT2D eigenvalue weighted by Crippen LogP contribution is 2.69. The number of hydrogen-bond acceptors (Lipinski definition) is 3. The van der Waals surface area contributed by atoms with Crippen LogP contribution < -0.4 is 14.8 Å². The van der Waals surface area contributed by atoms with E-state index in [0.717, 1.165) is 17.6 Å². The summed E-state index contributed by atoms with van der Waals surface area (Å²) in [4.78, 5) is 12.6. The molecule has 3 fully saturated rings. The average molecular weight is 287 g/mol. The zero-order chi connectivity index (χ0) is 14.6. The molecule has 3 aliphatic carbocycles. The minimum atomic E-state index is 0.160. The van der Waals surface area contributed by atoms with Crippen LogP contribution in [0, 0.1) is 29.6 Å². The maximum Gasteiger partial charge on any atom is 0.228 e. The first-order chi connectivity index (χ1) is 10.2. The third kappa shape index (κ3) is 1.92. The number of benzene rings is 1. The predicted molar refractivity (Wildman–Crippen MR) is 79.5 cm³/mol. The summed E-state index contributed by atoms with van der Waals surface area (Å²) < 4.78 is 10.5. The molecule has 4 rings (SSSR count). The lowest BCUT2D eigenvalue weighted by molar-refractivity contribution is -0.118. The Hall–Kier alpha value is -1.71. The van der Waals surface area contributed by atoms with E-state index in [4.69, 9.17) is 9.47 Å². The zero-order valence-corrected chi connectivity index (χ0v) is 12.5. The lowest BCUT2D eigenvalue weighted by Gasteiger charge is -2.13. The molecule has 0 radical (unpaired) electrons. The standard InChI is InChI=1S/C17H21NO3/c1-20-11-5-6-13(21-2)12(8-11)18-17(19)16-14-9-3-4-10(7-9)15(14)16/h5-6,8-10,14-16H,3-4,7H2,1-2H3,(H,18,19)/t9-,10+,14-,15+,16?. The van der Waals surface area contributed by atoms with Crippen molar-refractivity contribution < 1.29 is 14.3 Å². The molecule has 4 heteroatoms. The molecule has 1 aromatic carbocycles. The van der Waals surface area contributed by atoms with E-state index in [-0.39, 0.29) is 11.8 Å². The van der Waals surface area contributed by atoms with Crippen molar-refractivity contribution in [2.75, 3.05) is 19.5 Å². The molecule has 0 aromatic heterocycles. The van der Waals surface area contributed by atoms with Crippen LogP contribution in [-0.2, 0) is 4.79 Å². The van der Waals surface area contributed by atoms with Gasteiger partial charge in [0.15, 0.2) is 0 Å². The fourth-order valence-electron chi connectivity index (χ4n) is 4.80. The van der Waals surface area contributed by atoms with Gasteiger partial charge in [0.1, 0.15) is 11.5 Å². The van der Waals surface area contributed by atoms with Crippen LogP contribution in [0.3, 0.4) is 0 Å². The first-order valence-electron chi connectivity index (χ1n) is 7.76. The first-order valence-corrected chi connectivity index (χ1v) is 7.76. The van der Waals surface area contributed by atoms with Crippen molar-refractivity contribution in [3.63, 3.8) is 0 Å². The van der Waals surface area contributed by atoms with Gasteiger partial charge in [0.2, 0.25) is 5.91 Å². The SMILES string of the molecule is COc1ccc(OC)c(NC(=O)C2[C@@H]3[C@@H]4CC[C@@H](C4)[C@H]23)c1. The minimum Gasteiger partial charge on any atom is -0.497 e. The molecule has 3 aliphatic rings. The first kappa shape index (κ1) is 13.0. The van der Waals surface area contributed by atoms with Gasteiger partial charge in [-0.05, 0) is 55.1 Å². The number of anilines is 1. The number of rotatable bonds is 4. The Morgan fingerprint density at radius 3 is 2.48 bits per heavy atom. The molecule has 112 valence electrons. The number of nitrogens with one attached hydrogen (secondary N) is 1. The molecule has 2 bridgehead atoms. The summed E-state index contributed by atoms with van der Waals surface area (Å²) in [5.74, 6) is 4.71. The minimum absolute atomic E-state index is 0.160. The maximum atomic E-state index is 12.6. The van der Waals surface area contributed by atoms with Gasteiger partial charge in [-0.25, -0.2) is 0 Å². The Labute approximate surface area is 124 Å². The van der Waals surface area contributed by atoms with E-state index in [9.17, 15) is 4.79 Å². The van der Waals surface area contributed by atoms with Crippen LogP contribution in [0.5, 0.6) is 11.5 Å². The van der Waals surface area contributed by atoms with E-state index in [1.54, 1.807) is 14.2 Å². The summed E-state index contributed by atoms with van der Waals surface area (Å²) in [7, 11) is 3.24. The van der Waals surface area contributed by atoms with Crippen LogP contribution >= 0.6 is 0 Å². The second-order valence-corrected chi connectivity index (χ2v) is 6.57. The fraction of sp³-hybridized carbons (Fsp3) is 0.588. The van der Waals surface area contributed by atoms with Crippen LogP contribution in [-0.4, -0.2) is 20.1 Å².